The van der Waals surface area contributed by atoms with Gasteiger partial charge in [0.25, 0.3) is 0 Å². The average molecular weight is 515 g/mol. The number of allylic oxidation sites excluding steroid dienone is 1. The summed E-state index contributed by atoms with van der Waals surface area (Å²) in [6.45, 7) is 8.72. The lowest BCUT2D eigenvalue weighted by atomic mass is 9.89. The van der Waals surface area contributed by atoms with Crippen molar-refractivity contribution in [1.82, 2.24) is 30.0 Å². The van der Waals surface area contributed by atoms with Gasteiger partial charge in [0.15, 0.2) is 0 Å². The number of rotatable bonds is 6. The number of amides is 1. The summed E-state index contributed by atoms with van der Waals surface area (Å²) in [7, 11) is 2.14. The molecule has 0 radical (unpaired) electrons. The van der Waals surface area contributed by atoms with Crippen molar-refractivity contribution in [2.45, 2.75) is 51.0 Å². The lowest BCUT2D eigenvalue weighted by Gasteiger charge is -2.32. The van der Waals surface area contributed by atoms with E-state index in [2.05, 4.69) is 47.8 Å². The average Bonchev–Trinajstić information content (AvgIpc) is 3.59. The molecule has 9 heteroatoms. The number of hydrogen-bond donors (Lipinski definition) is 1. The maximum absolute atomic E-state index is 12.1. The largest absolute Gasteiger partial charge is 0.462 e. The summed E-state index contributed by atoms with van der Waals surface area (Å²) in [4.78, 5) is 26.0. The van der Waals surface area contributed by atoms with Crippen LogP contribution in [0.1, 0.15) is 54.0 Å². The zero-order valence-corrected chi connectivity index (χ0v) is 22.1. The Balaban J connectivity index is 1.32. The molecule has 2 aromatic heterocycles. The van der Waals surface area contributed by atoms with Gasteiger partial charge >= 0.3 is 6.01 Å². The molecule has 1 aromatic carbocycles. The van der Waals surface area contributed by atoms with E-state index < -0.39 is 0 Å². The number of carbonyl (C=O) groups is 1. The first-order valence-electron chi connectivity index (χ1n) is 13.5. The Kier molecular flexibility index (Phi) is 6.61. The predicted molar refractivity (Wildman–Crippen MR) is 145 cm³/mol. The molecule has 1 atom stereocenters. The quantitative estimate of drug-likeness (QED) is 0.497. The van der Waals surface area contributed by atoms with Crippen LogP contribution in [0.5, 0.6) is 11.9 Å². The van der Waals surface area contributed by atoms with Crippen LogP contribution in [0, 0.1) is 6.92 Å². The normalized spacial score (nSPS) is 20.2. The second-order valence-electron chi connectivity index (χ2n) is 10.5. The first-order chi connectivity index (χ1) is 18.5. The minimum Gasteiger partial charge on any atom is -0.462 e. The minimum absolute atomic E-state index is 0.0161. The van der Waals surface area contributed by atoms with Gasteiger partial charge in [0, 0.05) is 48.0 Å². The highest BCUT2D eigenvalue weighted by atomic mass is 16.5. The van der Waals surface area contributed by atoms with E-state index in [0.717, 1.165) is 64.9 Å². The van der Waals surface area contributed by atoms with Gasteiger partial charge in [-0.25, -0.2) is 0 Å². The molecule has 198 valence electrons. The summed E-state index contributed by atoms with van der Waals surface area (Å²) in [6.07, 6.45) is 9.98. The summed E-state index contributed by atoms with van der Waals surface area (Å²) in [5.41, 5.74) is 5.08. The molecule has 0 bridgehead atoms. The van der Waals surface area contributed by atoms with Crippen LogP contribution in [0.2, 0.25) is 0 Å². The molecule has 0 aliphatic carbocycles. The number of benzene rings is 1. The number of carbonyl (C=O) groups excluding carboxylic acids is 1. The van der Waals surface area contributed by atoms with Gasteiger partial charge in [-0.05, 0) is 70.0 Å². The van der Waals surface area contributed by atoms with Crippen molar-refractivity contribution < 1.29 is 14.3 Å². The molecule has 2 fully saturated rings. The lowest BCUT2D eigenvalue weighted by molar-refractivity contribution is -0.127. The maximum Gasteiger partial charge on any atom is 0.320 e. The molecule has 5 heterocycles. The van der Waals surface area contributed by atoms with E-state index in [1.54, 1.807) is 0 Å². The molecule has 9 nitrogen and oxygen atoms in total. The summed E-state index contributed by atoms with van der Waals surface area (Å²) in [6, 6.07) is 4.84. The Bertz CT molecular complexity index is 1400. The number of piperidine rings is 1. The molecule has 38 heavy (non-hydrogen) atoms. The molecule has 3 aliphatic heterocycles. The highest BCUT2D eigenvalue weighted by Crippen LogP contribution is 2.40. The van der Waals surface area contributed by atoms with Crippen molar-refractivity contribution in [2.24, 2.45) is 0 Å². The fourth-order valence-corrected chi connectivity index (χ4v) is 5.95. The number of aryl methyl sites for hydroxylation is 1. The topological polar surface area (TPSA) is 96.5 Å². The van der Waals surface area contributed by atoms with Crippen LogP contribution in [0.15, 0.2) is 37.1 Å². The van der Waals surface area contributed by atoms with Crippen LogP contribution < -0.4 is 9.47 Å². The number of likely N-dealkylation sites (N-methyl/N-ethyl adjacent to an activating group) is 1. The predicted octanol–water partition coefficient (Wildman–Crippen LogP) is 4.00. The monoisotopic (exact) mass is 514 g/mol. The Hall–Kier alpha value is -3.72. The molecular weight excluding hydrogens is 480 g/mol. The summed E-state index contributed by atoms with van der Waals surface area (Å²) >= 11 is 0. The van der Waals surface area contributed by atoms with E-state index in [1.807, 2.05) is 17.2 Å². The van der Waals surface area contributed by atoms with Gasteiger partial charge in [-0.1, -0.05) is 12.6 Å². The van der Waals surface area contributed by atoms with Crippen LogP contribution >= 0.6 is 0 Å². The SMILES string of the molecule is C=CC(=O)N1CCC(c2nc(OCC3CCCN3C)nc3c2CC=C(c2c(C)ccc4[nH]ncc24)O3)CC1. The van der Waals surface area contributed by atoms with Gasteiger partial charge in [-0.3, -0.25) is 9.89 Å². The maximum atomic E-state index is 12.1. The molecule has 3 aliphatic rings. The van der Waals surface area contributed by atoms with Crippen LogP contribution in [0.25, 0.3) is 16.7 Å². The van der Waals surface area contributed by atoms with E-state index in [-0.39, 0.29) is 11.8 Å². The van der Waals surface area contributed by atoms with E-state index in [4.69, 9.17) is 19.4 Å². The number of hydrogen-bond acceptors (Lipinski definition) is 7. The van der Waals surface area contributed by atoms with Gasteiger partial charge in [0.2, 0.25) is 11.8 Å². The third-order valence-corrected chi connectivity index (χ3v) is 8.20. The van der Waals surface area contributed by atoms with Crippen LogP contribution in [-0.2, 0) is 11.2 Å². The Morgan fingerprint density at radius 1 is 1.24 bits per heavy atom. The van der Waals surface area contributed by atoms with Gasteiger partial charge in [0.1, 0.15) is 12.4 Å². The van der Waals surface area contributed by atoms with Gasteiger partial charge in [-0.2, -0.15) is 15.1 Å². The molecule has 0 saturated carbocycles. The van der Waals surface area contributed by atoms with E-state index >= 15 is 0 Å². The molecule has 1 amide bonds. The first-order valence-corrected chi connectivity index (χ1v) is 13.5. The third kappa shape index (κ3) is 4.55. The zero-order valence-electron chi connectivity index (χ0n) is 22.1. The summed E-state index contributed by atoms with van der Waals surface area (Å²) < 4.78 is 12.7. The number of fused-ring (bicyclic) bond motifs is 2. The second-order valence-corrected chi connectivity index (χ2v) is 10.5. The Labute approximate surface area is 222 Å². The van der Waals surface area contributed by atoms with Crippen LogP contribution in [-0.4, -0.2) is 75.2 Å². The Morgan fingerprint density at radius 3 is 2.84 bits per heavy atom. The number of aromatic amines is 1. The van der Waals surface area contributed by atoms with Gasteiger partial charge in [0.05, 0.1) is 17.4 Å². The standard InChI is InChI=1S/C29H34N6O3/c1-4-25(36)35-14-11-19(12-15-35)27-21-8-10-24(26-18(2)7-9-23-22(26)16-30-33-23)38-28(21)32-29(31-27)37-17-20-6-5-13-34(20)3/h4,7,9-10,16,19-20H,1,5-6,8,11-15,17H2,2-3H3,(H,30,33). The Morgan fingerprint density at radius 2 is 2.08 bits per heavy atom. The van der Waals surface area contributed by atoms with Crippen molar-refractivity contribution >= 4 is 22.6 Å². The molecule has 1 N–H and O–H groups in total. The van der Waals surface area contributed by atoms with E-state index in [0.29, 0.717) is 44.0 Å². The van der Waals surface area contributed by atoms with Crippen molar-refractivity contribution in [2.75, 3.05) is 33.3 Å². The number of nitrogens with one attached hydrogen (secondary N) is 1. The highest BCUT2D eigenvalue weighted by molar-refractivity contribution is 5.92. The second kappa shape index (κ2) is 10.2. The summed E-state index contributed by atoms with van der Waals surface area (Å²) in [5, 5.41) is 8.31. The number of H-pyrrole nitrogens is 1. The van der Waals surface area contributed by atoms with Gasteiger partial charge < -0.3 is 19.3 Å². The van der Waals surface area contributed by atoms with E-state index in [1.165, 1.54) is 12.5 Å². The molecule has 0 spiro atoms. The summed E-state index contributed by atoms with van der Waals surface area (Å²) in [5.74, 6) is 1.53. The number of ether oxygens (including phenoxy) is 2. The lowest BCUT2D eigenvalue weighted by Crippen LogP contribution is -2.37. The third-order valence-electron chi connectivity index (χ3n) is 8.20. The molecule has 3 aromatic rings. The van der Waals surface area contributed by atoms with Crippen LogP contribution in [0.3, 0.4) is 0 Å². The van der Waals surface area contributed by atoms with Crippen LogP contribution in [0.4, 0.5) is 0 Å². The van der Waals surface area contributed by atoms with Crippen molar-refractivity contribution in [3.63, 3.8) is 0 Å². The smallest absolute Gasteiger partial charge is 0.320 e. The molecule has 2 saturated heterocycles. The number of likely N-dealkylation sites (tertiary alicyclic amines) is 2. The van der Waals surface area contributed by atoms with Gasteiger partial charge in [-0.15, -0.1) is 0 Å². The molecular formula is C29H34N6O3. The molecule has 6 rings (SSSR count). The minimum atomic E-state index is -0.0161. The first kappa shape index (κ1) is 24.6. The van der Waals surface area contributed by atoms with E-state index in [9.17, 15) is 4.79 Å². The van der Waals surface area contributed by atoms with Crippen molar-refractivity contribution in [3.8, 4) is 11.9 Å². The fraction of sp³-hybridized carbons (Fsp3) is 0.448. The number of nitrogens with zero attached hydrogens (tertiary/aromatic N) is 5. The zero-order chi connectivity index (χ0) is 26.2. The highest BCUT2D eigenvalue weighted by Gasteiger charge is 2.31. The molecule has 1 unspecified atom stereocenters. The fourth-order valence-electron chi connectivity index (χ4n) is 5.95. The van der Waals surface area contributed by atoms with Crippen molar-refractivity contribution in [3.05, 3.63) is 59.4 Å². The van der Waals surface area contributed by atoms with Crippen molar-refractivity contribution in [1.29, 1.82) is 0 Å². The number of aromatic nitrogens is 4.